The molecule has 0 spiro atoms. The Hall–Kier alpha value is -0.610. The molecule has 1 atom stereocenters. The van der Waals surface area contributed by atoms with Crippen LogP contribution in [0.1, 0.15) is 20.3 Å². The third kappa shape index (κ3) is 1.99. The molecule has 4 heteroatoms. The number of nitrogens with one attached hydrogen (secondary N) is 1. The number of hydrogen-bond acceptors (Lipinski definition) is 3. The van der Waals surface area contributed by atoms with Gasteiger partial charge in [0.1, 0.15) is 5.60 Å². The van der Waals surface area contributed by atoms with E-state index in [2.05, 4.69) is 0 Å². The molecule has 4 N–H and O–H groups in total. The van der Waals surface area contributed by atoms with Gasteiger partial charge in [-0.1, -0.05) is 6.92 Å². The van der Waals surface area contributed by atoms with E-state index < -0.39 is 11.5 Å². The van der Waals surface area contributed by atoms with Crippen LogP contribution in [-0.4, -0.2) is 16.6 Å². The van der Waals surface area contributed by atoms with E-state index in [0.29, 0.717) is 6.42 Å². The van der Waals surface area contributed by atoms with Crippen molar-refractivity contribution in [1.29, 1.82) is 0 Å². The maximum absolute atomic E-state index is 10.6. The fraction of sp³-hybridized carbons (Fsp3) is 0.800. The summed E-state index contributed by atoms with van der Waals surface area (Å²) < 4.78 is 0. The summed E-state index contributed by atoms with van der Waals surface area (Å²) >= 11 is 0. The number of rotatable bonds is 2. The fourth-order valence-electron chi connectivity index (χ4n) is 0.316. The van der Waals surface area contributed by atoms with Gasteiger partial charge in [0.15, 0.2) is 0 Å². The van der Waals surface area contributed by atoms with Crippen molar-refractivity contribution in [3.8, 4) is 0 Å². The van der Waals surface area contributed by atoms with E-state index in [1.807, 2.05) is 5.43 Å². The summed E-state index contributed by atoms with van der Waals surface area (Å²) in [5.74, 6) is 4.22. The van der Waals surface area contributed by atoms with E-state index in [1.165, 1.54) is 6.92 Å². The molecule has 54 valence electrons. The first-order chi connectivity index (χ1) is 4.04. The Morgan fingerprint density at radius 1 is 1.89 bits per heavy atom. The van der Waals surface area contributed by atoms with E-state index in [1.54, 1.807) is 6.92 Å². The van der Waals surface area contributed by atoms with Crippen molar-refractivity contribution in [2.24, 2.45) is 5.84 Å². The highest BCUT2D eigenvalue weighted by atomic mass is 16.3. The number of hydrogen-bond donors (Lipinski definition) is 3. The smallest absolute Gasteiger partial charge is 0.265 e. The van der Waals surface area contributed by atoms with Crippen LogP contribution < -0.4 is 11.3 Å². The highest BCUT2D eigenvalue weighted by molar-refractivity contribution is 5.83. The highest BCUT2D eigenvalue weighted by Crippen LogP contribution is 2.06. The lowest BCUT2D eigenvalue weighted by Gasteiger charge is -2.17. The van der Waals surface area contributed by atoms with Gasteiger partial charge in [-0.25, -0.2) is 5.84 Å². The molecule has 0 heterocycles. The number of carbonyl (C=O) groups is 1. The lowest BCUT2D eigenvalue weighted by Crippen LogP contribution is -2.46. The Morgan fingerprint density at radius 2 is 2.33 bits per heavy atom. The number of aliphatic hydroxyl groups is 1. The maximum atomic E-state index is 10.6. The van der Waals surface area contributed by atoms with Crippen LogP contribution in [0.15, 0.2) is 0 Å². The minimum Gasteiger partial charge on any atom is -0.380 e. The lowest BCUT2D eigenvalue weighted by molar-refractivity contribution is -0.138. The minimum absolute atomic E-state index is 0.357. The molecule has 0 saturated heterocycles. The molecule has 1 amide bonds. The summed E-state index contributed by atoms with van der Waals surface area (Å²) in [4.78, 5) is 10.6. The predicted molar refractivity (Wildman–Crippen MR) is 33.2 cm³/mol. The molecule has 1 unspecified atom stereocenters. The van der Waals surface area contributed by atoms with Gasteiger partial charge in [0.2, 0.25) is 0 Å². The van der Waals surface area contributed by atoms with Crippen LogP contribution >= 0.6 is 0 Å². The van der Waals surface area contributed by atoms with Crippen molar-refractivity contribution in [2.45, 2.75) is 25.9 Å². The van der Waals surface area contributed by atoms with Crippen LogP contribution in [-0.2, 0) is 4.79 Å². The Bertz CT molecular complexity index is 112. The van der Waals surface area contributed by atoms with Crippen LogP contribution in [0.25, 0.3) is 0 Å². The van der Waals surface area contributed by atoms with Gasteiger partial charge in [-0.15, -0.1) is 0 Å². The molecule has 0 aromatic heterocycles. The molecular formula is C5H12N2O2. The van der Waals surface area contributed by atoms with E-state index >= 15 is 0 Å². The first kappa shape index (κ1) is 8.39. The number of hydrazine groups is 1. The number of nitrogens with two attached hydrogens (primary N) is 1. The van der Waals surface area contributed by atoms with E-state index in [0.717, 1.165) is 0 Å². The molecule has 0 rings (SSSR count). The summed E-state index contributed by atoms with van der Waals surface area (Å²) in [5.41, 5.74) is 0.543. The van der Waals surface area contributed by atoms with E-state index in [-0.39, 0.29) is 0 Å². The molecule has 0 radical (unpaired) electrons. The monoisotopic (exact) mass is 132 g/mol. The first-order valence-electron chi connectivity index (χ1n) is 2.78. The zero-order valence-electron chi connectivity index (χ0n) is 5.64. The Morgan fingerprint density at radius 3 is 2.44 bits per heavy atom. The molecule has 0 fully saturated rings. The number of carbonyl (C=O) groups excluding carboxylic acids is 1. The SMILES string of the molecule is CCC(C)(O)C(=O)NN. The van der Waals surface area contributed by atoms with Crippen LogP contribution in [0.2, 0.25) is 0 Å². The van der Waals surface area contributed by atoms with E-state index in [9.17, 15) is 4.79 Å². The molecule has 0 saturated carbocycles. The van der Waals surface area contributed by atoms with Gasteiger partial charge >= 0.3 is 0 Å². The molecule has 0 aromatic rings. The molecule has 0 bridgehead atoms. The highest BCUT2D eigenvalue weighted by Gasteiger charge is 2.26. The summed E-state index contributed by atoms with van der Waals surface area (Å²) in [5, 5.41) is 9.10. The van der Waals surface area contributed by atoms with Crippen molar-refractivity contribution in [1.82, 2.24) is 5.43 Å². The van der Waals surface area contributed by atoms with Crippen LogP contribution in [0.4, 0.5) is 0 Å². The lowest BCUT2D eigenvalue weighted by atomic mass is 10.0. The van der Waals surface area contributed by atoms with Crippen molar-refractivity contribution >= 4 is 5.91 Å². The zero-order valence-corrected chi connectivity index (χ0v) is 5.64. The Kier molecular flexibility index (Phi) is 2.61. The van der Waals surface area contributed by atoms with Crippen molar-refractivity contribution in [3.05, 3.63) is 0 Å². The minimum atomic E-state index is -1.32. The molecular weight excluding hydrogens is 120 g/mol. The predicted octanol–water partition coefficient (Wildman–Crippen LogP) is -0.863. The molecule has 9 heavy (non-hydrogen) atoms. The third-order valence-electron chi connectivity index (χ3n) is 1.31. The number of amides is 1. The molecule has 0 aromatic carbocycles. The normalized spacial score (nSPS) is 16.4. The third-order valence-corrected chi connectivity index (χ3v) is 1.31. The molecule has 0 aliphatic heterocycles. The zero-order chi connectivity index (χ0) is 7.49. The summed E-state index contributed by atoms with van der Waals surface area (Å²) in [6.07, 6.45) is 0.357. The van der Waals surface area contributed by atoms with Crippen LogP contribution in [0, 0.1) is 0 Å². The second-order valence-corrected chi connectivity index (χ2v) is 2.10. The average molecular weight is 132 g/mol. The van der Waals surface area contributed by atoms with Crippen LogP contribution in [0.3, 0.4) is 0 Å². The van der Waals surface area contributed by atoms with Crippen molar-refractivity contribution in [3.63, 3.8) is 0 Å². The van der Waals surface area contributed by atoms with Gasteiger partial charge in [-0.2, -0.15) is 0 Å². The van der Waals surface area contributed by atoms with Crippen molar-refractivity contribution in [2.75, 3.05) is 0 Å². The van der Waals surface area contributed by atoms with E-state index in [4.69, 9.17) is 10.9 Å². The molecule has 4 nitrogen and oxygen atoms in total. The largest absolute Gasteiger partial charge is 0.380 e. The summed E-state index contributed by atoms with van der Waals surface area (Å²) in [6, 6.07) is 0. The molecule has 0 aliphatic carbocycles. The second kappa shape index (κ2) is 2.80. The topological polar surface area (TPSA) is 75.3 Å². The van der Waals surface area contributed by atoms with Crippen molar-refractivity contribution < 1.29 is 9.90 Å². The summed E-state index contributed by atoms with van der Waals surface area (Å²) in [7, 11) is 0. The fourth-order valence-corrected chi connectivity index (χ4v) is 0.316. The van der Waals surface area contributed by atoms with Gasteiger partial charge < -0.3 is 5.11 Å². The Labute approximate surface area is 54.0 Å². The first-order valence-corrected chi connectivity index (χ1v) is 2.78. The van der Waals surface area contributed by atoms with Gasteiger partial charge in [0.05, 0.1) is 0 Å². The second-order valence-electron chi connectivity index (χ2n) is 2.10. The maximum Gasteiger partial charge on any atom is 0.265 e. The van der Waals surface area contributed by atoms with Gasteiger partial charge in [0.25, 0.3) is 5.91 Å². The van der Waals surface area contributed by atoms with Gasteiger partial charge in [0, 0.05) is 0 Å². The van der Waals surface area contributed by atoms with Gasteiger partial charge in [-0.3, -0.25) is 10.2 Å². The Balaban J connectivity index is 3.97. The standard InChI is InChI=1S/C5H12N2O2/c1-3-5(2,9)4(8)7-6/h9H,3,6H2,1-2H3,(H,7,8). The van der Waals surface area contributed by atoms with Gasteiger partial charge in [-0.05, 0) is 13.3 Å². The van der Waals surface area contributed by atoms with Crippen LogP contribution in [0.5, 0.6) is 0 Å². The molecule has 0 aliphatic rings. The quantitative estimate of drug-likeness (QED) is 0.260. The summed E-state index contributed by atoms with van der Waals surface area (Å²) in [6.45, 7) is 3.12. The average Bonchev–Trinajstić information content (AvgIpc) is 1.86.